The standard InChI is InChI=1S/C25H23NOS/c1-25(2,3)19-14-20(17-10-6-4-7-11-17)23(27)21(15-19)24-26-22(16-28-24)18-12-8-5-9-13-18/h4-16,27H,1-3H3. The van der Waals surface area contributed by atoms with E-state index in [-0.39, 0.29) is 11.2 Å². The van der Waals surface area contributed by atoms with Gasteiger partial charge in [-0.2, -0.15) is 0 Å². The third-order valence-corrected chi connectivity index (χ3v) is 5.74. The first-order valence-electron chi connectivity index (χ1n) is 9.38. The molecule has 0 amide bonds. The molecule has 0 atom stereocenters. The van der Waals surface area contributed by atoms with Crippen molar-refractivity contribution in [3.05, 3.63) is 83.7 Å². The van der Waals surface area contributed by atoms with Crippen LogP contribution in [0.25, 0.3) is 33.0 Å². The summed E-state index contributed by atoms with van der Waals surface area (Å²) in [6.45, 7) is 6.57. The van der Waals surface area contributed by atoms with Gasteiger partial charge in [0.25, 0.3) is 0 Å². The summed E-state index contributed by atoms with van der Waals surface area (Å²) >= 11 is 1.56. The van der Waals surface area contributed by atoms with Crippen molar-refractivity contribution in [2.45, 2.75) is 26.2 Å². The van der Waals surface area contributed by atoms with Crippen LogP contribution < -0.4 is 0 Å². The van der Waals surface area contributed by atoms with Gasteiger partial charge in [-0.05, 0) is 28.7 Å². The van der Waals surface area contributed by atoms with Gasteiger partial charge in [-0.25, -0.2) is 4.98 Å². The SMILES string of the molecule is CC(C)(C)c1cc(-c2ccccc2)c(O)c(-c2nc(-c3ccccc3)cs2)c1. The highest BCUT2D eigenvalue weighted by Gasteiger charge is 2.21. The molecule has 1 N–H and O–H groups in total. The molecule has 2 nitrogen and oxygen atoms in total. The van der Waals surface area contributed by atoms with E-state index in [0.29, 0.717) is 0 Å². The average Bonchev–Trinajstić information content (AvgIpc) is 3.18. The van der Waals surface area contributed by atoms with Crippen molar-refractivity contribution in [2.75, 3.05) is 0 Å². The summed E-state index contributed by atoms with van der Waals surface area (Å²) in [6, 6.07) is 24.4. The summed E-state index contributed by atoms with van der Waals surface area (Å²) in [5.41, 5.74) is 5.80. The molecule has 3 heteroatoms. The van der Waals surface area contributed by atoms with E-state index in [4.69, 9.17) is 4.98 Å². The molecule has 4 rings (SSSR count). The molecule has 0 bridgehead atoms. The first-order valence-corrected chi connectivity index (χ1v) is 10.3. The minimum Gasteiger partial charge on any atom is -0.507 e. The highest BCUT2D eigenvalue weighted by molar-refractivity contribution is 7.13. The number of benzene rings is 3. The van der Waals surface area contributed by atoms with Crippen LogP contribution in [-0.4, -0.2) is 10.1 Å². The molecule has 0 unspecified atom stereocenters. The Bertz CT molecular complexity index is 1090. The summed E-state index contributed by atoms with van der Waals surface area (Å²) in [4.78, 5) is 4.83. The van der Waals surface area contributed by atoms with Crippen molar-refractivity contribution in [2.24, 2.45) is 0 Å². The van der Waals surface area contributed by atoms with Crippen molar-refractivity contribution in [1.29, 1.82) is 0 Å². The fourth-order valence-electron chi connectivity index (χ4n) is 3.21. The summed E-state index contributed by atoms with van der Waals surface area (Å²) in [5, 5.41) is 14.0. The zero-order valence-corrected chi connectivity index (χ0v) is 17.1. The Kier molecular flexibility index (Phi) is 4.78. The maximum atomic E-state index is 11.1. The molecule has 0 fully saturated rings. The van der Waals surface area contributed by atoms with Crippen LogP contribution in [0.2, 0.25) is 0 Å². The normalized spacial score (nSPS) is 11.5. The minimum absolute atomic E-state index is 0.0362. The zero-order chi connectivity index (χ0) is 19.7. The lowest BCUT2D eigenvalue weighted by molar-refractivity contribution is 0.478. The molecular formula is C25H23NOS. The smallest absolute Gasteiger partial charge is 0.133 e. The van der Waals surface area contributed by atoms with Gasteiger partial charge in [0.15, 0.2) is 0 Å². The van der Waals surface area contributed by atoms with Crippen molar-refractivity contribution >= 4 is 11.3 Å². The number of nitrogens with zero attached hydrogens (tertiary/aromatic N) is 1. The molecule has 0 radical (unpaired) electrons. The lowest BCUT2D eigenvalue weighted by Gasteiger charge is -2.22. The topological polar surface area (TPSA) is 33.1 Å². The van der Waals surface area contributed by atoms with Crippen molar-refractivity contribution < 1.29 is 5.11 Å². The van der Waals surface area contributed by atoms with Gasteiger partial charge in [0.2, 0.25) is 0 Å². The molecule has 0 aliphatic heterocycles. The number of aromatic nitrogens is 1. The monoisotopic (exact) mass is 385 g/mol. The van der Waals surface area contributed by atoms with Crippen LogP contribution in [0.4, 0.5) is 0 Å². The predicted octanol–water partition coefficient (Wildman–Crippen LogP) is 7.15. The lowest BCUT2D eigenvalue weighted by Crippen LogP contribution is -2.11. The van der Waals surface area contributed by atoms with E-state index in [2.05, 4.69) is 50.4 Å². The second-order valence-electron chi connectivity index (χ2n) is 7.94. The van der Waals surface area contributed by atoms with Gasteiger partial charge in [0.05, 0.1) is 11.3 Å². The van der Waals surface area contributed by atoms with Crippen LogP contribution in [0.5, 0.6) is 5.75 Å². The van der Waals surface area contributed by atoms with Crippen LogP contribution in [-0.2, 0) is 5.41 Å². The first-order chi connectivity index (χ1) is 13.4. The quantitative estimate of drug-likeness (QED) is 0.406. The molecule has 3 aromatic carbocycles. The highest BCUT2D eigenvalue weighted by atomic mass is 32.1. The molecule has 1 heterocycles. The molecule has 0 aliphatic carbocycles. The number of phenolic OH excluding ortho intramolecular Hbond substituents is 1. The van der Waals surface area contributed by atoms with Gasteiger partial charge >= 0.3 is 0 Å². The van der Waals surface area contributed by atoms with Gasteiger partial charge in [-0.15, -0.1) is 11.3 Å². The van der Waals surface area contributed by atoms with E-state index < -0.39 is 0 Å². The van der Waals surface area contributed by atoms with Crippen LogP contribution >= 0.6 is 11.3 Å². The fraction of sp³-hybridized carbons (Fsp3) is 0.160. The second kappa shape index (κ2) is 7.25. The number of rotatable bonds is 3. The van der Waals surface area contributed by atoms with Crippen LogP contribution in [0.3, 0.4) is 0 Å². The third kappa shape index (κ3) is 3.58. The molecule has 0 saturated carbocycles. The molecule has 4 aromatic rings. The zero-order valence-electron chi connectivity index (χ0n) is 16.3. The molecule has 28 heavy (non-hydrogen) atoms. The van der Waals surface area contributed by atoms with E-state index in [1.807, 2.05) is 48.5 Å². The summed E-state index contributed by atoms with van der Waals surface area (Å²) in [6.07, 6.45) is 0. The molecular weight excluding hydrogens is 362 g/mol. The number of hydrogen-bond acceptors (Lipinski definition) is 3. The number of aromatic hydroxyl groups is 1. The van der Waals surface area contributed by atoms with Crippen molar-refractivity contribution in [1.82, 2.24) is 4.98 Å². The molecule has 0 saturated heterocycles. The number of phenols is 1. The average molecular weight is 386 g/mol. The van der Waals surface area contributed by atoms with Crippen LogP contribution in [0.1, 0.15) is 26.3 Å². The Morgan fingerprint density at radius 3 is 1.96 bits per heavy atom. The molecule has 0 spiro atoms. The molecule has 1 aromatic heterocycles. The Morgan fingerprint density at radius 2 is 1.36 bits per heavy atom. The first kappa shape index (κ1) is 18.5. The summed E-state index contributed by atoms with van der Waals surface area (Å²) in [5.74, 6) is 0.285. The number of hydrogen-bond donors (Lipinski definition) is 1. The Labute approximate surface area is 170 Å². The van der Waals surface area contributed by atoms with Gasteiger partial charge in [-0.1, -0.05) is 81.4 Å². The van der Waals surface area contributed by atoms with E-state index in [1.54, 1.807) is 11.3 Å². The minimum atomic E-state index is -0.0362. The van der Waals surface area contributed by atoms with E-state index in [9.17, 15) is 5.11 Å². The third-order valence-electron chi connectivity index (χ3n) is 4.86. The van der Waals surface area contributed by atoms with Crippen LogP contribution in [0.15, 0.2) is 78.2 Å². The largest absolute Gasteiger partial charge is 0.507 e. The predicted molar refractivity (Wildman–Crippen MR) is 119 cm³/mol. The van der Waals surface area contributed by atoms with Crippen LogP contribution in [0, 0.1) is 0 Å². The number of thiazole rings is 1. The van der Waals surface area contributed by atoms with Crippen molar-refractivity contribution in [3.8, 4) is 38.7 Å². The summed E-state index contributed by atoms with van der Waals surface area (Å²) < 4.78 is 0. The van der Waals surface area contributed by atoms with Crippen molar-refractivity contribution in [3.63, 3.8) is 0 Å². The molecule has 0 aliphatic rings. The Morgan fingerprint density at radius 1 is 0.786 bits per heavy atom. The van der Waals surface area contributed by atoms with Gasteiger partial charge in [0, 0.05) is 16.5 Å². The van der Waals surface area contributed by atoms with Gasteiger partial charge in [0.1, 0.15) is 10.8 Å². The van der Waals surface area contributed by atoms with E-state index in [0.717, 1.165) is 33.0 Å². The molecule has 140 valence electrons. The Hall–Kier alpha value is -2.91. The summed E-state index contributed by atoms with van der Waals surface area (Å²) in [7, 11) is 0. The van der Waals surface area contributed by atoms with E-state index in [1.165, 1.54) is 5.56 Å². The highest BCUT2D eigenvalue weighted by Crippen LogP contribution is 2.43. The maximum absolute atomic E-state index is 11.1. The second-order valence-corrected chi connectivity index (χ2v) is 8.80. The maximum Gasteiger partial charge on any atom is 0.133 e. The lowest BCUT2D eigenvalue weighted by atomic mass is 9.83. The van der Waals surface area contributed by atoms with Gasteiger partial charge in [-0.3, -0.25) is 0 Å². The fourth-order valence-corrected chi connectivity index (χ4v) is 4.05. The Balaban J connectivity index is 1.88. The van der Waals surface area contributed by atoms with E-state index >= 15 is 0 Å². The van der Waals surface area contributed by atoms with Gasteiger partial charge < -0.3 is 5.11 Å².